The minimum atomic E-state index is -0.988. The number of halogens is 2. The second-order valence-electron chi connectivity index (χ2n) is 3.55. The monoisotopic (exact) mass is 301 g/mol. The predicted octanol–water partition coefficient (Wildman–Crippen LogP) is 4.37. The number of thiophene rings is 1. The van der Waals surface area contributed by atoms with Gasteiger partial charge in [0, 0.05) is 16.4 Å². The molecule has 1 aromatic heterocycles. The molecule has 18 heavy (non-hydrogen) atoms. The van der Waals surface area contributed by atoms with E-state index in [1.54, 1.807) is 18.2 Å². The lowest BCUT2D eigenvalue weighted by molar-refractivity contribution is 0.0698. The Balaban J connectivity index is 2.17. The molecule has 0 saturated carbocycles. The molecule has 0 spiro atoms. The Morgan fingerprint density at radius 1 is 1.28 bits per heavy atom. The van der Waals surface area contributed by atoms with Crippen LogP contribution in [0.3, 0.4) is 0 Å². The number of carboxylic acid groups (broad SMARTS) is 1. The van der Waals surface area contributed by atoms with Crippen LogP contribution in [0.15, 0.2) is 30.3 Å². The summed E-state index contributed by atoms with van der Waals surface area (Å²) in [5.41, 5.74) is 0.696. The van der Waals surface area contributed by atoms with Crippen molar-refractivity contribution in [2.45, 2.75) is 6.54 Å². The number of aromatic carboxylic acids is 1. The molecule has 0 saturated heterocycles. The molecule has 0 bridgehead atoms. The van der Waals surface area contributed by atoms with Crippen LogP contribution in [-0.4, -0.2) is 11.1 Å². The molecule has 6 heteroatoms. The summed E-state index contributed by atoms with van der Waals surface area (Å²) >= 11 is 13.1. The summed E-state index contributed by atoms with van der Waals surface area (Å²) in [4.78, 5) is 12.1. The molecule has 1 heterocycles. The Hall–Kier alpha value is -1.23. The van der Waals surface area contributed by atoms with E-state index >= 15 is 0 Å². The smallest absolute Gasteiger partial charge is 0.337 e. The van der Waals surface area contributed by atoms with E-state index in [0.29, 0.717) is 21.6 Å². The van der Waals surface area contributed by atoms with Crippen LogP contribution in [0.2, 0.25) is 9.36 Å². The number of carboxylic acids is 1. The van der Waals surface area contributed by atoms with Crippen molar-refractivity contribution in [1.29, 1.82) is 0 Å². The first-order chi connectivity index (χ1) is 8.56. The van der Waals surface area contributed by atoms with Crippen molar-refractivity contribution in [2.24, 2.45) is 0 Å². The Labute approximate surface area is 118 Å². The lowest BCUT2D eigenvalue weighted by Crippen LogP contribution is -2.05. The maximum Gasteiger partial charge on any atom is 0.337 e. The largest absolute Gasteiger partial charge is 0.478 e. The number of rotatable bonds is 4. The van der Waals surface area contributed by atoms with Crippen molar-refractivity contribution in [1.82, 2.24) is 0 Å². The van der Waals surface area contributed by atoms with Crippen LogP contribution in [0.25, 0.3) is 0 Å². The molecule has 0 aliphatic carbocycles. The highest BCUT2D eigenvalue weighted by atomic mass is 35.5. The molecule has 94 valence electrons. The van der Waals surface area contributed by atoms with Gasteiger partial charge >= 0.3 is 5.97 Å². The van der Waals surface area contributed by atoms with Gasteiger partial charge in [-0.1, -0.05) is 23.2 Å². The average molecular weight is 302 g/mol. The van der Waals surface area contributed by atoms with Gasteiger partial charge in [0.15, 0.2) is 0 Å². The zero-order valence-electron chi connectivity index (χ0n) is 9.11. The molecule has 0 aliphatic rings. The first-order valence-electron chi connectivity index (χ1n) is 5.07. The minimum Gasteiger partial charge on any atom is -0.478 e. The third kappa shape index (κ3) is 3.16. The number of benzene rings is 1. The maximum absolute atomic E-state index is 11.0. The lowest BCUT2D eigenvalue weighted by Gasteiger charge is -2.08. The van der Waals surface area contributed by atoms with Gasteiger partial charge in [0.25, 0.3) is 0 Å². The first-order valence-corrected chi connectivity index (χ1v) is 6.64. The number of anilines is 1. The molecular formula is C12H9Cl2NO2S. The van der Waals surface area contributed by atoms with Crippen molar-refractivity contribution >= 4 is 46.2 Å². The first kappa shape index (κ1) is 13.2. The van der Waals surface area contributed by atoms with Crippen LogP contribution < -0.4 is 5.32 Å². The fraction of sp³-hybridized carbons (Fsp3) is 0.0833. The van der Waals surface area contributed by atoms with Crippen LogP contribution in [0.5, 0.6) is 0 Å². The Kier molecular flexibility index (Phi) is 4.11. The summed E-state index contributed by atoms with van der Waals surface area (Å²) in [6.45, 7) is 0.512. The molecule has 0 aliphatic heterocycles. The van der Waals surface area contributed by atoms with Gasteiger partial charge in [-0.05, 0) is 30.3 Å². The SMILES string of the molecule is O=C(O)c1ccc(Cl)cc1NCc1ccc(Cl)s1. The molecule has 0 unspecified atom stereocenters. The van der Waals surface area contributed by atoms with Crippen molar-refractivity contribution in [3.63, 3.8) is 0 Å². The van der Waals surface area contributed by atoms with Crippen molar-refractivity contribution in [3.8, 4) is 0 Å². The summed E-state index contributed by atoms with van der Waals surface area (Å²) < 4.78 is 0.705. The highest BCUT2D eigenvalue weighted by Gasteiger charge is 2.10. The van der Waals surface area contributed by atoms with Crippen molar-refractivity contribution in [2.75, 3.05) is 5.32 Å². The fourth-order valence-corrected chi connectivity index (χ4v) is 2.68. The topological polar surface area (TPSA) is 49.3 Å². The summed E-state index contributed by atoms with van der Waals surface area (Å²) in [6, 6.07) is 8.33. The van der Waals surface area contributed by atoms with E-state index < -0.39 is 5.97 Å². The standard InChI is InChI=1S/C12H9Cl2NO2S/c13-7-1-3-9(12(16)17)10(5-7)15-6-8-2-4-11(14)18-8/h1-5,15H,6H2,(H,16,17). The van der Waals surface area contributed by atoms with Gasteiger partial charge in [0.05, 0.1) is 15.6 Å². The number of carbonyl (C=O) groups is 1. The highest BCUT2D eigenvalue weighted by Crippen LogP contribution is 2.25. The summed E-state index contributed by atoms with van der Waals surface area (Å²) in [6.07, 6.45) is 0. The zero-order chi connectivity index (χ0) is 13.1. The van der Waals surface area contributed by atoms with E-state index in [1.807, 2.05) is 6.07 Å². The van der Waals surface area contributed by atoms with E-state index in [-0.39, 0.29) is 5.56 Å². The molecule has 0 fully saturated rings. The van der Waals surface area contributed by atoms with E-state index in [2.05, 4.69) is 5.32 Å². The molecule has 0 amide bonds. The molecule has 2 aromatic rings. The second-order valence-corrected chi connectivity index (χ2v) is 5.79. The van der Waals surface area contributed by atoms with Crippen LogP contribution in [0.1, 0.15) is 15.2 Å². The van der Waals surface area contributed by atoms with Gasteiger partial charge in [-0.15, -0.1) is 11.3 Å². The van der Waals surface area contributed by atoms with Crippen molar-refractivity contribution in [3.05, 3.63) is 50.1 Å². The van der Waals surface area contributed by atoms with E-state index in [1.165, 1.54) is 17.4 Å². The highest BCUT2D eigenvalue weighted by molar-refractivity contribution is 7.16. The van der Waals surface area contributed by atoms with Crippen molar-refractivity contribution < 1.29 is 9.90 Å². The lowest BCUT2D eigenvalue weighted by atomic mass is 10.2. The number of nitrogens with one attached hydrogen (secondary N) is 1. The molecule has 1 aromatic carbocycles. The molecule has 2 rings (SSSR count). The Bertz CT molecular complexity index is 583. The molecule has 0 atom stereocenters. The van der Waals surface area contributed by atoms with Gasteiger partial charge < -0.3 is 10.4 Å². The summed E-state index contributed by atoms with van der Waals surface area (Å²) in [5.74, 6) is -0.988. The summed E-state index contributed by atoms with van der Waals surface area (Å²) in [7, 11) is 0. The summed E-state index contributed by atoms with van der Waals surface area (Å²) in [5, 5.41) is 12.6. The quantitative estimate of drug-likeness (QED) is 0.882. The average Bonchev–Trinajstić information content (AvgIpc) is 2.72. The fourth-order valence-electron chi connectivity index (χ4n) is 1.48. The van der Waals surface area contributed by atoms with Gasteiger partial charge in [-0.25, -0.2) is 4.79 Å². The van der Waals surface area contributed by atoms with E-state index in [0.717, 1.165) is 4.88 Å². The van der Waals surface area contributed by atoms with Crippen LogP contribution >= 0.6 is 34.5 Å². The Morgan fingerprint density at radius 2 is 2.06 bits per heavy atom. The Morgan fingerprint density at radius 3 is 2.67 bits per heavy atom. The van der Waals surface area contributed by atoms with Crippen LogP contribution in [-0.2, 0) is 6.54 Å². The third-order valence-corrected chi connectivity index (χ3v) is 3.76. The van der Waals surface area contributed by atoms with Crippen LogP contribution in [0.4, 0.5) is 5.69 Å². The number of hydrogen-bond acceptors (Lipinski definition) is 3. The number of hydrogen-bond donors (Lipinski definition) is 2. The van der Waals surface area contributed by atoms with E-state index in [9.17, 15) is 4.79 Å². The van der Waals surface area contributed by atoms with Gasteiger partial charge in [0.2, 0.25) is 0 Å². The normalized spacial score (nSPS) is 10.3. The second kappa shape index (κ2) is 5.61. The minimum absolute atomic E-state index is 0.196. The maximum atomic E-state index is 11.0. The molecule has 0 radical (unpaired) electrons. The molecule has 3 nitrogen and oxygen atoms in total. The predicted molar refractivity (Wildman–Crippen MR) is 75.1 cm³/mol. The van der Waals surface area contributed by atoms with Gasteiger partial charge in [-0.3, -0.25) is 0 Å². The molecule has 2 N–H and O–H groups in total. The van der Waals surface area contributed by atoms with Gasteiger partial charge in [-0.2, -0.15) is 0 Å². The zero-order valence-corrected chi connectivity index (χ0v) is 11.4. The van der Waals surface area contributed by atoms with Crippen LogP contribution in [0, 0.1) is 0 Å². The van der Waals surface area contributed by atoms with E-state index in [4.69, 9.17) is 28.3 Å². The molecular weight excluding hydrogens is 293 g/mol. The third-order valence-electron chi connectivity index (χ3n) is 2.29. The van der Waals surface area contributed by atoms with Gasteiger partial charge in [0.1, 0.15) is 0 Å².